The smallest absolute Gasteiger partial charge is 0.206 e. The molecule has 0 saturated heterocycles. The molecule has 136 valence electrons. The van der Waals surface area contributed by atoms with Gasteiger partial charge in [0.15, 0.2) is 10.1 Å². The van der Waals surface area contributed by atoms with Crippen LogP contribution in [0, 0.1) is 13.8 Å². The molecule has 3 rings (SSSR count). The highest BCUT2D eigenvalue weighted by atomic mass is 32.2. The number of nitrogens with zero attached hydrogens (tertiary/aromatic N) is 3. The summed E-state index contributed by atoms with van der Waals surface area (Å²) in [6, 6.07) is 12.5. The summed E-state index contributed by atoms with van der Waals surface area (Å²) in [7, 11) is 1.81. The maximum atomic E-state index is 12.7. The van der Waals surface area contributed by atoms with Gasteiger partial charge in [0.2, 0.25) is 5.13 Å². The third-order valence-electron chi connectivity index (χ3n) is 4.40. The number of nitrogens with one attached hydrogen (secondary N) is 1. The average molecular weight is 387 g/mol. The van der Waals surface area contributed by atoms with Gasteiger partial charge in [0.05, 0.1) is 11.8 Å². The van der Waals surface area contributed by atoms with E-state index in [1.165, 1.54) is 28.7 Å². The fourth-order valence-corrected chi connectivity index (χ4v) is 4.70. The number of ketones is 1. The summed E-state index contributed by atoms with van der Waals surface area (Å²) in [6.45, 7) is 6.24. The van der Waals surface area contributed by atoms with Crippen molar-refractivity contribution in [1.82, 2.24) is 14.8 Å². The van der Waals surface area contributed by atoms with E-state index in [2.05, 4.69) is 46.1 Å². The van der Waals surface area contributed by atoms with Gasteiger partial charge in [-0.25, -0.2) is 0 Å². The van der Waals surface area contributed by atoms with Gasteiger partial charge in [0, 0.05) is 24.0 Å². The van der Waals surface area contributed by atoms with Crippen LogP contribution in [0.2, 0.25) is 0 Å². The fraction of sp³-hybridized carbons (Fsp3) is 0.316. The zero-order valence-corrected chi connectivity index (χ0v) is 16.9. The Kier molecular flexibility index (Phi) is 5.78. The molecule has 0 saturated carbocycles. The Balaban J connectivity index is 1.77. The third kappa shape index (κ3) is 3.83. The lowest BCUT2D eigenvalue weighted by Crippen LogP contribution is -2.11. The first kappa shape index (κ1) is 18.7. The van der Waals surface area contributed by atoms with Crippen LogP contribution in [0.25, 0.3) is 0 Å². The minimum absolute atomic E-state index is 0.121. The molecule has 2 heterocycles. The summed E-state index contributed by atoms with van der Waals surface area (Å²) >= 11 is 2.89. The summed E-state index contributed by atoms with van der Waals surface area (Å²) in [5, 5.41) is 11.8. The van der Waals surface area contributed by atoms with Gasteiger partial charge < -0.3 is 9.88 Å². The van der Waals surface area contributed by atoms with Crippen molar-refractivity contribution in [3.8, 4) is 0 Å². The Labute approximate surface area is 161 Å². The van der Waals surface area contributed by atoms with Crippen molar-refractivity contribution >= 4 is 34.0 Å². The van der Waals surface area contributed by atoms with Gasteiger partial charge in [0.1, 0.15) is 0 Å². The molecule has 0 spiro atoms. The zero-order chi connectivity index (χ0) is 18.7. The fourth-order valence-electron chi connectivity index (χ4n) is 3.11. The van der Waals surface area contributed by atoms with Crippen LogP contribution in [0.5, 0.6) is 0 Å². The molecular weight excluding hydrogens is 364 g/mol. The molecule has 7 heteroatoms. The molecule has 1 aromatic carbocycles. The zero-order valence-electron chi connectivity index (χ0n) is 15.3. The lowest BCUT2D eigenvalue weighted by atomic mass is 10.1. The average Bonchev–Trinajstić information content (AvgIpc) is 3.24. The number of benzene rings is 1. The van der Waals surface area contributed by atoms with Gasteiger partial charge in [-0.05, 0) is 32.4 Å². The molecule has 0 aliphatic heterocycles. The Morgan fingerprint density at radius 1 is 1.27 bits per heavy atom. The number of hydrogen-bond acceptors (Lipinski definition) is 6. The van der Waals surface area contributed by atoms with Crippen LogP contribution in [0.4, 0.5) is 5.13 Å². The van der Waals surface area contributed by atoms with Crippen LogP contribution < -0.4 is 5.32 Å². The van der Waals surface area contributed by atoms with E-state index in [-0.39, 0.29) is 11.8 Å². The van der Waals surface area contributed by atoms with E-state index in [1.807, 2.05) is 38.2 Å². The van der Waals surface area contributed by atoms with Gasteiger partial charge in [0.25, 0.3) is 0 Å². The van der Waals surface area contributed by atoms with Gasteiger partial charge in [-0.1, -0.05) is 53.4 Å². The molecule has 2 aromatic heterocycles. The quantitative estimate of drug-likeness (QED) is 0.476. The maximum Gasteiger partial charge on any atom is 0.206 e. The minimum atomic E-state index is 0.121. The lowest BCUT2D eigenvalue weighted by Gasteiger charge is -2.19. The highest BCUT2D eigenvalue weighted by molar-refractivity contribution is 8.01. The molecule has 26 heavy (non-hydrogen) atoms. The first-order valence-electron chi connectivity index (χ1n) is 8.42. The monoisotopic (exact) mass is 386 g/mol. The van der Waals surface area contributed by atoms with Gasteiger partial charge in [-0.15, -0.1) is 10.2 Å². The molecule has 0 bridgehead atoms. The lowest BCUT2D eigenvalue weighted by molar-refractivity contribution is 0.102. The maximum absolute atomic E-state index is 12.7. The Morgan fingerprint density at radius 2 is 2.00 bits per heavy atom. The molecule has 1 atom stereocenters. The number of aryl methyl sites for hydroxylation is 1. The van der Waals surface area contributed by atoms with E-state index < -0.39 is 0 Å². The van der Waals surface area contributed by atoms with Crippen LogP contribution in [0.1, 0.15) is 40.3 Å². The molecule has 0 radical (unpaired) electrons. The molecule has 0 unspecified atom stereocenters. The van der Waals surface area contributed by atoms with Crippen molar-refractivity contribution in [3.05, 3.63) is 58.9 Å². The molecule has 0 amide bonds. The van der Waals surface area contributed by atoms with Crippen molar-refractivity contribution in [2.45, 2.75) is 31.2 Å². The van der Waals surface area contributed by atoms with E-state index in [1.54, 1.807) is 0 Å². The SMILES string of the molecule is CNc1nnc(SCC(=O)c2cc(C)n([C@H](C)c3ccccc3)c2C)s1. The standard InChI is InChI=1S/C19H22N4OS2/c1-12-10-16(17(24)11-25-19-22-21-18(20-4)26-19)14(3)23(12)13(2)15-8-6-5-7-9-15/h5-10,13H,11H2,1-4H3,(H,20,21)/t13-/m1/s1. The summed E-state index contributed by atoms with van der Waals surface area (Å²) in [5.41, 5.74) is 4.13. The van der Waals surface area contributed by atoms with Gasteiger partial charge in [-0.2, -0.15) is 0 Å². The number of carbonyl (C=O) groups is 1. The number of thioether (sulfide) groups is 1. The number of aromatic nitrogens is 3. The molecule has 5 nitrogen and oxygen atoms in total. The van der Waals surface area contributed by atoms with Gasteiger partial charge in [-0.3, -0.25) is 4.79 Å². The van der Waals surface area contributed by atoms with E-state index >= 15 is 0 Å². The Hall–Kier alpha value is -2.12. The summed E-state index contributed by atoms with van der Waals surface area (Å²) in [5.74, 6) is 0.485. The highest BCUT2D eigenvalue weighted by Gasteiger charge is 2.20. The molecule has 1 N–H and O–H groups in total. The number of Topliss-reactive ketones (excluding diaryl/α,β-unsaturated/α-hetero) is 1. The van der Waals surface area contributed by atoms with Crippen molar-refractivity contribution < 1.29 is 4.79 Å². The number of anilines is 1. The van der Waals surface area contributed by atoms with Crippen LogP contribution in [0.3, 0.4) is 0 Å². The predicted molar refractivity (Wildman–Crippen MR) is 109 cm³/mol. The van der Waals surface area contributed by atoms with Crippen molar-refractivity contribution in [2.24, 2.45) is 0 Å². The number of carbonyl (C=O) groups excluding carboxylic acids is 1. The van der Waals surface area contributed by atoms with Crippen LogP contribution in [-0.2, 0) is 0 Å². The van der Waals surface area contributed by atoms with E-state index in [0.717, 1.165) is 26.4 Å². The Morgan fingerprint density at radius 3 is 2.65 bits per heavy atom. The summed E-state index contributed by atoms with van der Waals surface area (Å²) in [6.07, 6.45) is 0. The minimum Gasteiger partial charge on any atom is -0.363 e. The second-order valence-corrected chi connectivity index (χ2v) is 8.28. The normalized spacial score (nSPS) is 12.2. The van der Waals surface area contributed by atoms with Crippen LogP contribution >= 0.6 is 23.1 Å². The second-order valence-electron chi connectivity index (χ2n) is 6.08. The molecule has 0 fully saturated rings. The largest absolute Gasteiger partial charge is 0.363 e. The van der Waals surface area contributed by atoms with Crippen molar-refractivity contribution in [3.63, 3.8) is 0 Å². The van der Waals surface area contributed by atoms with Crippen LogP contribution in [0.15, 0.2) is 40.7 Å². The first-order chi connectivity index (χ1) is 12.5. The first-order valence-corrected chi connectivity index (χ1v) is 10.2. The topological polar surface area (TPSA) is 59.8 Å². The predicted octanol–water partition coefficient (Wildman–Crippen LogP) is 4.58. The Bertz CT molecular complexity index is 902. The van der Waals surface area contributed by atoms with Crippen molar-refractivity contribution in [1.29, 1.82) is 0 Å². The number of rotatable bonds is 7. The second kappa shape index (κ2) is 8.05. The van der Waals surface area contributed by atoms with Gasteiger partial charge >= 0.3 is 0 Å². The molecule has 3 aromatic rings. The van der Waals surface area contributed by atoms with Crippen LogP contribution in [-0.4, -0.2) is 33.3 Å². The van der Waals surface area contributed by atoms with E-state index in [9.17, 15) is 4.79 Å². The molecule has 0 aliphatic carbocycles. The van der Waals surface area contributed by atoms with Crippen molar-refractivity contribution in [2.75, 3.05) is 18.1 Å². The highest BCUT2D eigenvalue weighted by Crippen LogP contribution is 2.29. The van der Waals surface area contributed by atoms with E-state index in [4.69, 9.17) is 0 Å². The summed E-state index contributed by atoms with van der Waals surface area (Å²) < 4.78 is 3.03. The molecule has 0 aliphatic rings. The molecular formula is C19H22N4OS2. The van der Waals surface area contributed by atoms with E-state index in [0.29, 0.717) is 5.75 Å². The number of hydrogen-bond donors (Lipinski definition) is 1. The third-order valence-corrected chi connectivity index (χ3v) is 6.48. The summed E-state index contributed by atoms with van der Waals surface area (Å²) in [4.78, 5) is 12.7.